The predicted molar refractivity (Wildman–Crippen MR) is 70.3 cm³/mol. The van der Waals surface area contributed by atoms with Crippen LogP contribution in [0.5, 0.6) is 0 Å². The highest BCUT2D eigenvalue weighted by Gasteiger charge is 2.12. The molecule has 0 radical (unpaired) electrons. The van der Waals surface area contributed by atoms with E-state index in [0.29, 0.717) is 5.56 Å². The average Bonchev–Trinajstić information content (AvgIpc) is 2.33. The number of nitrogen functional groups attached to an aromatic ring is 1. The van der Waals surface area contributed by atoms with Crippen LogP contribution in [0.2, 0.25) is 5.02 Å². The summed E-state index contributed by atoms with van der Waals surface area (Å²) < 4.78 is 25.9. The molecule has 2 rings (SSSR count). The second kappa shape index (κ2) is 5.36. The van der Waals surface area contributed by atoms with E-state index < -0.39 is 11.6 Å². The third-order valence-electron chi connectivity index (χ3n) is 2.66. The van der Waals surface area contributed by atoms with Gasteiger partial charge in [0.1, 0.15) is 11.6 Å². The molecule has 0 unspecified atom stereocenters. The lowest BCUT2D eigenvalue weighted by molar-refractivity contribution is 0.0993. The molecule has 98 valence electrons. The van der Waals surface area contributed by atoms with Crippen molar-refractivity contribution in [3.05, 3.63) is 64.2 Å². The largest absolute Gasteiger partial charge is 0.396 e. The first-order valence-corrected chi connectivity index (χ1v) is 5.87. The Labute approximate surface area is 113 Å². The Bertz CT molecular complexity index is 643. The first-order chi connectivity index (χ1) is 8.97. The summed E-state index contributed by atoms with van der Waals surface area (Å²) in [5.41, 5.74) is 6.21. The fourth-order valence-corrected chi connectivity index (χ4v) is 1.97. The van der Waals surface area contributed by atoms with Gasteiger partial charge in [0, 0.05) is 12.0 Å². The van der Waals surface area contributed by atoms with Gasteiger partial charge >= 0.3 is 0 Å². The summed E-state index contributed by atoms with van der Waals surface area (Å²) in [5.74, 6) is -1.32. The van der Waals surface area contributed by atoms with Gasteiger partial charge in [-0.2, -0.15) is 0 Å². The maximum Gasteiger partial charge on any atom is 0.168 e. The molecule has 0 spiro atoms. The van der Waals surface area contributed by atoms with Gasteiger partial charge < -0.3 is 5.73 Å². The Kier molecular flexibility index (Phi) is 3.81. The molecule has 0 aliphatic heterocycles. The minimum atomic E-state index is -0.531. The van der Waals surface area contributed by atoms with Crippen molar-refractivity contribution in [1.82, 2.24) is 0 Å². The highest BCUT2D eigenvalue weighted by Crippen LogP contribution is 2.20. The lowest BCUT2D eigenvalue weighted by Crippen LogP contribution is -2.05. The van der Waals surface area contributed by atoms with E-state index in [9.17, 15) is 13.6 Å². The van der Waals surface area contributed by atoms with Crippen LogP contribution in [-0.4, -0.2) is 5.78 Å². The van der Waals surface area contributed by atoms with Crippen molar-refractivity contribution in [2.24, 2.45) is 0 Å². The number of halogens is 3. The fourth-order valence-electron chi connectivity index (χ4n) is 1.70. The number of anilines is 1. The van der Waals surface area contributed by atoms with Crippen LogP contribution in [0, 0.1) is 11.6 Å². The van der Waals surface area contributed by atoms with Crippen molar-refractivity contribution in [1.29, 1.82) is 0 Å². The molecule has 0 heterocycles. The van der Waals surface area contributed by atoms with Crippen LogP contribution in [-0.2, 0) is 6.42 Å². The van der Waals surface area contributed by atoms with Gasteiger partial charge in [-0.05, 0) is 35.9 Å². The van der Waals surface area contributed by atoms with Crippen molar-refractivity contribution < 1.29 is 13.6 Å². The number of carbonyl (C=O) groups is 1. The number of ketones is 1. The monoisotopic (exact) mass is 281 g/mol. The number of rotatable bonds is 3. The van der Waals surface area contributed by atoms with Gasteiger partial charge in [0.2, 0.25) is 0 Å². The summed E-state index contributed by atoms with van der Waals surface area (Å²) in [7, 11) is 0. The molecule has 0 saturated heterocycles. The second-order valence-corrected chi connectivity index (χ2v) is 4.49. The summed E-state index contributed by atoms with van der Waals surface area (Å²) in [6.07, 6.45) is 0.0236. The van der Waals surface area contributed by atoms with E-state index in [4.69, 9.17) is 17.3 Å². The van der Waals surface area contributed by atoms with Crippen molar-refractivity contribution in [2.75, 3.05) is 5.73 Å². The van der Waals surface area contributed by atoms with Crippen molar-refractivity contribution in [3.63, 3.8) is 0 Å². The minimum absolute atomic E-state index is 0.0181. The fraction of sp³-hybridized carbons (Fsp3) is 0.0714. The van der Waals surface area contributed by atoms with E-state index in [-0.39, 0.29) is 28.5 Å². The number of Topliss-reactive ketones (excluding diaryl/α,β-unsaturated/α-hetero) is 1. The number of benzene rings is 2. The number of carbonyl (C=O) groups excluding carboxylic acids is 1. The predicted octanol–water partition coefficient (Wildman–Crippen LogP) is 3.63. The molecule has 0 aliphatic carbocycles. The van der Waals surface area contributed by atoms with E-state index in [2.05, 4.69) is 0 Å². The third kappa shape index (κ3) is 3.09. The van der Waals surface area contributed by atoms with Crippen molar-refractivity contribution in [3.8, 4) is 0 Å². The van der Waals surface area contributed by atoms with Crippen LogP contribution in [0.4, 0.5) is 14.5 Å². The molecule has 19 heavy (non-hydrogen) atoms. The van der Waals surface area contributed by atoms with Gasteiger partial charge in [0.05, 0.1) is 10.7 Å². The zero-order valence-corrected chi connectivity index (χ0v) is 10.5. The van der Waals surface area contributed by atoms with Gasteiger partial charge in [-0.15, -0.1) is 0 Å². The van der Waals surface area contributed by atoms with Gasteiger partial charge in [0.15, 0.2) is 5.78 Å². The van der Waals surface area contributed by atoms with Crippen LogP contribution < -0.4 is 5.73 Å². The molecular weight excluding hydrogens is 272 g/mol. The molecule has 0 saturated carbocycles. The first-order valence-electron chi connectivity index (χ1n) is 5.49. The minimum Gasteiger partial charge on any atom is -0.396 e. The Morgan fingerprint density at radius 2 is 1.89 bits per heavy atom. The Hall–Kier alpha value is -1.94. The molecule has 0 bridgehead atoms. The molecule has 0 aromatic heterocycles. The zero-order valence-electron chi connectivity index (χ0n) is 9.79. The van der Waals surface area contributed by atoms with Crippen LogP contribution >= 0.6 is 11.6 Å². The van der Waals surface area contributed by atoms with Gasteiger partial charge in [0.25, 0.3) is 0 Å². The Morgan fingerprint density at radius 3 is 2.53 bits per heavy atom. The third-order valence-corrected chi connectivity index (χ3v) is 2.97. The van der Waals surface area contributed by atoms with Crippen LogP contribution in [0.25, 0.3) is 0 Å². The van der Waals surface area contributed by atoms with E-state index in [1.54, 1.807) is 0 Å². The van der Waals surface area contributed by atoms with Gasteiger partial charge in [-0.25, -0.2) is 8.78 Å². The molecule has 0 aliphatic rings. The highest BCUT2D eigenvalue weighted by atomic mass is 35.5. The maximum absolute atomic E-state index is 13.0. The summed E-state index contributed by atoms with van der Waals surface area (Å²) in [5, 5.41) is 0.0556. The summed E-state index contributed by atoms with van der Waals surface area (Å²) >= 11 is 5.80. The van der Waals surface area contributed by atoms with Crippen LogP contribution in [0.1, 0.15) is 15.9 Å². The molecule has 2 nitrogen and oxygen atoms in total. The molecule has 5 heteroatoms. The van der Waals surface area contributed by atoms with Crippen LogP contribution in [0.15, 0.2) is 36.4 Å². The summed E-state index contributed by atoms with van der Waals surface area (Å²) in [6.45, 7) is 0. The summed E-state index contributed by atoms with van der Waals surface area (Å²) in [6, 6.07) is 7.63. The molecule has 0 atom stereocenters. The SMILES string of the molecule is Nc1cc(CC(=O)c2ccc(F)cc2Cl)ccc1F. The molecule has 2 aromatic rings. The lowest BCUT2D eigenvalue weighted by atomic mass is 10.0. The molecular formula is C14H10ClF2NO. The van der Waals surface area contributed by atoms with Gasteiger partial charge in [-0.3, -0.25) is 4.79 Å². The zero-order chi connectivity index (χ0) is 14.0. The average molecular weight is 282 g/mol. The Morgan fingerprint density at radius 1 is 1.16 bits per heavy atom. The van der Waals surface area contributed by atoms with E-state index in [0.717, 1.165) is 12.1 Å². The highest BCUT2D eigenvalue weighted by molar-refractivity contribution is 6.34. The topological polar surface area (TPSA) is 43.1 Å². The molecule has 0 fully saturated rings. The number of nitrogens with two attached hydrogens (primary N) is 1. The van der Waals surface area contributed by atoms with Crippen molar-refractivity contribution >= 4 is 23.1 Å². The smallest absolute Gasteiger partial charge is 0.168 e. The van der Waals surface area contributed by atoms with Gasteiger partial charge in [-0.1, -0.05) is 17.7 Å². The molecule has 0 amide bonds. The van der Waals surface area contributed by atoms with E-state index in [1.165, 1.54) is 24.3 Å². The first kappa shape index (κ1) is 13.5. The summed E-state index contributed by atoms with van der Waals surface area (Å²) in [4.78, 5) is 12.0. The molecule has 2 aromatic carbocycles. The van der Waals surface area contributed by atoms with Crippen LogP contribution in [0.3, 0.4) is 0 Å². The van der Waals surface area contributed by atoms with E-state index >= 15 is 0 Å². The molecule has 2 N–H and O–H groups in total. The Balaban J connectivity index is 2.23. The second-order valence-electron chi connectivity index (χ2n) is 4.08. The normalized spacial score (nSPS) is 10.5. The number of hydrogen-bond acceptors (Lipinski definition) is 2. The standard InChI is InChI=1S/C14H10ClF2NO/c15-11-7-9(16)2-3-10(11)14(19)6-8-1-4-12(17)13(18)5-8/h1-5,7H,6,18H2. The maximum atomic E-state index is 13.0. The quantitative estimate of drug-likeness (QED) is 0.690. The number of hydrogen-bond donors (Lipinski definition) is 1. The van der Waals surface area contributed by atoms with Crippen molar-refractivity contribution in [2.45, 2.75) is 6.42 Å². The lowest BCUT2D eigenvalue weighted by Gasteiger charge is -2.05. The van der Waals surface area contributed by atoms with E-state index in [1.807, 2.05) is 0 Å².